The number of nitrogens with zero attached hydrogens (tertiary/aromatic N) is 3. The number of pyridine rings is 1. The third kappa shape index (κ3) is 3.36. The van der Waals surface area contributed by atoms with Gasteiger partial charge in [-0.05, 0) is 26.5 Å². The van der Waals surface area contributed by atoms with Crippen LogP contribution in [-0.4, -0.2) is 62.4 Å². The van der Waals surface area contributed by atoms with E-state index >= 15 is 0 Å². The van der Waals surface area contributed by atoms with Gasteiger partial charge < -0.3 is 15.0 Å². The minimum Gasteiger partial charge on any atom is -0.379 e. The average Bonchev–Trinajstić information content (AvgIpc) is 3.00. The Kier molecular flexibility index (Phi) is 4.73. The molecule has 0 aromatic carbocycles. The van der Waals surface area contributed by atoms with Crippen molar-refractivity contribution in [3.8, 4) is 0 Å². The van der Waals surface area contributed by atoms with Crippen molar-refractivity contribution in [2.75, 3.05) is 51.3 Å². The van der Waals surface area contributed by atoms with Gasteiger partial charge in [-0.25, -0.2) is 0 Å². The van der Waals surface area contributed by atoms with Crippen molar-refractivity contribution in [2.24, 2.45) is 0 Å². The van der Waals surface area contributed by atoms with Crippen molar-refractivity contribution < 1.29 is 4.74 Å². The molecule has 2 aliphatic rings. The van der Waals surface area contributed by atoms with Crippen molar-refractivity contribution in [3.63, 3.8) is 0 Å². The van der Waals surface area contributed by atoms with Gasteiger partial charge >= 0.3 is 0 Å². The third-order valence-electron chi connectivity index (χ3n) is 4.53. The van der Waals surface area contributed by atoms with E-state index in [0.29, 0.717) is 6.04 Å². The zero-order chi connectivity index (χ0) is 14.7. The number of hydrogen-bond donors (Lipinski definition) is 1. The van der Waals surface area contributed by atoms with E-state index in [1.807, 2.05) is 13.2 Å². The van der Waals surface area contributed by atoms with Crippen LogP contribution in [0.5, 0.6) is 0 Å². The Balaban J connectivity index is 1.71. The molecule has 0 bridgehead atoms. The highest BCUT2D eigenvalue weighted by atomic mass is 16.5. The molecular weight excluding hydrogens is 264 g/mol. The largest absolute Gasteiger partial charge is 0.379 e. The molecule has 0 amide bonds. The standard InChI is InChI=1S/C16H26N4O/c1-13-9-16(14(10-17-2)11-18-13)20-4-3-15(12-20)19-5-7-21-8-6-19/h9,11,15,17H,3-8,10,12H2,1-2H3. The van der Waals surface area contributed by atoms with E-state index in [9.17, 15) is 0 Å². The number of anilines is 1. The average molecular weight is 290 g/mol. The van der Waals surface area contributed by atoms with Crippen molar-refractivity contribution >= 4 is 5.69 Å². The molecule has 2 saturated heterocycles. The van der Waals surface area contributed by atoms with E-state index < -0.39 is 0 Å². The van der Waals surface area contributed by atoms with Crippen LogP contribution in [0.3, 0.4) is 0 Å². The smallest absolute Gasteiger partial charge is 0.0594 e. The Morgan fingerprint density at radius 3 is 2.90 bits per heavy atom. The number of rotatable bonds is 4. The number of aryl methyl sites for hydroxylation is 1. The minimum absolute atomic E-state index is 0.671. The van der Waals surface area contributed by atoms with Gasteiger partial charge in [0.1, 0.15) is 0 Å². The number of hydrogen-bond acceptors (Lipinski definition) is 5. The quantitative estimate of drug-likeness (QED) is 0.896. The van der Waals surface area contributed by atoms with Gasteiger partial charge in [-0.3, -0.25) is 9.88 Å². The van der Waals surface area contributed by atoms with Crippen molar-refractivity contribution in [2.45, 2.75) is 25.9 Å². The first-order valence-electron chi connectivity index (χ1n) is 7.95. The molecule has 21 heavy (non-hydrogen) atoms. The molecule has 0 spiro atoms. The van der Waals surface area contributed by atoms with Gasteiger partial charge in [0.25, 0.3) is 0 Å². The first-order chi connectivity index (χ1) is 10.3. The normalized spacial score (nSPS) is 23.7. The molecule has 2 fully saturated rings. The lowest BCUT2D eigenvalue weighted by molar-refractivity contribution is 0.0209. The molecule has 2 aliphatic heterocycles. The van der Waals surface area contributed by atoms with Gasteiger partial charge in [0.2, 0.25) is 0 Å². The molecular formula is C16H26N4O. The van der Waals surface area contributed by atoms with E-state index in [1.165, 1.54) is 17.7 Å². The van der Waals surface area contributed by atoms with Crippen LogP contribution in [0.2, 0.25) is 0 Å². The maximum Gasteiger partial charge on any atom is 0.0594 e. The van der Waals surface area contributed by atoms with E-state index in [2.05, 4.69) is 33.1 Å². The number of nitrogens with one attached hydrogen (secondary N) is 1. The summed E-state index contributed by atoms with van der Waals surface area (Å²) in [6, 6.07) is 2.90. The van der Waals surface area contributed by atoms with Gasteiger partial charge in [-0.15, -0.1) is 0 Å². The van der Waals surface area contributed by atoms with Gasteiger partial charge in [-0.1, -0.05) is 0 Å². The first kappa shape index (κ1) is 14.8. The predicted octanol–water partition coefficient (Wildman–Crippen LogP) is 1.02. The van der Waals surface area contributed by atoms with Crippen LogP contribution in [0.25, 0.3) is 0 Å². The van der Waals surface area contributed by atoms with Crippen LogP contribution >= 0.6 is 0 Å². The van der Waals surface area contributed by atoms with E-state index in [1.54, 1.807) is 0 Å². The van der Waals surface area contributed by atoms with Crippen molar-refractivity contribution in [1.82, 2.24) is 15.2 Å². The molecule has 3 heterocycles. The molecule has 1 aromatic heterocycles. The lowest BCUT2D eigenvalue weighted by Gasteiger charge is -2.32. The fourth-order valence-corrected chi connectivity index (χ4v) is 3.40. The number of morpholine rings is 1. The third-order valence-corrected chi connectivity index (χ3v) is 4.53. The summed E-state index contributed by atoms with van der Waals surface area (Å²) in [5.41, 5.74) is 3.75. The fourth-order valence-electron chi connectivity index (χ4n) is 3.40. The molecule has 1 aromatic rings. The Morgan fingerprint density at radius 2 is 2.14 bits per heavy atom. The number of ether oxygens (including phenoxy) is 1. The minimum atomic E-state index is 0.671. The van der Waals surface area contributed by atoms with Crippen LogP contribution in [0, 0.1) is 6.92 Å². The molecule has 0 aliphatic carbocycles. The Labute approximate surface area is 127 Å². The maximum atomic E-state index is 5.47. The summed E-state index contributed by atoms with van der Waals surface area (Å²) in [4.78, 5) is 9.57. The molecule has 0 radical (unpaired) electrons. The molecule has 5 nitrogen and oxygen atoms in total. The molecule has 0 saturated carbocycles. The topological polar surface area (TPSA) is 40.6 Å². The maximum absolute atomic E-state index is 5.47. The Morgan fingerprint density at radius 1 is 1.33 bits per heavy atom. The molecule has 1 N–H and O–H groups in total. The van der Waals surface area contributed by atoms with Crippen molar-refractivity contribution in [3.05, 3.63) is 23.5 Å². The van der Waals surface area contributed by atoms with E-state index in [4.69, 9.17) is 4.74 Å². The highest BCUT2D eigenvalue weighted by molar-refractivity contribution is 5.54. The molecule has 1 atom stereocenters. The first-order valence-corrected chi connectivity index (χ1v) is 7.95. The van der Waals surface area contributed by atoms with Gasteiger partial charge in [0, 0.05) is 61.9 Å². The second-order valence-electron chi connectivity index (χ2n) is 6.02. The fraction of sp³-hybridized carbons (Fsp3) is 0.688. The second kappa shape index (κ2) is 6.73. The summed E-state index contributed by atoms with van der Waals surface area (Å²) in [6.07, 6.45) is 3.27. The molecule has 3 rings (SSSR count). The number of aromatic nitrogens is 1. The molecule has 116 valence electrons. The molecule has 5 heteroatoms. The van der Waals surface area contributed by atoms with Gasteiger partial charge in [-0.2, -0.15) is 0 Å². The summed E-state index contributed by atoms with van der Waals surface area (Å²) >= 11 is 0. The van der Waals surface area contributed by atoms with Gasteiger partial charge in [0.15, 0.2) is 0 Å². The van der Waals surface area contributed by atoms with Crippen LogP contribution in [-0.2, 0) is 11.3 Å². The zero-order valence-electron chi connectivity index (χ0n) is 13.1. The van der Waals surface area contributed by atoms with E-state index in [-0.39, 0.29) is 0 Å². The Bertz CT molecular complexity index is 473. The van der Waals surface area contributed by atoms with Crippen LogP contribution in [0.1, 0.15) is 17.7 Å². The lowest BCUT2D eigenvalue weighted by Crippen LogP contribution is -2.44. The summed E-state index contributed by atoms with van der Waals surface area (Å²) in [6.45, 7) is 9.14. The summed E-state index contributed by atoms with van der Waals surface area (Å²) in [5, 5.41) is 3.25. The van der Waals surface area contributed by atoms with Crippen LogP contribution in [0.15, 0.2) is 12.3 Å². The highest BCUT2D eigenvalue weighted by Crippen LogP contribution is 2.27. The SMILES string of the molecule is CNCc1cnc(C)cc1N1CCC(N2CCOCC2)C1. The molecule has 1 unspecified atom stereocenters. The van der Waals surface area contributed by atoms with E-state index in [0.717, 1.165) is 51.6 Å². The monoisotopic (exact) mass is 290 g/mol. The summed E-state index contributed by atoms with van der Waals surface area (Å²) in [7, 11) is 1.99. The Hall–Kier alpha value is -1.17. The van der Waals surface area contributed by atoms with Gasteiger partial charge in [0.05, 0.1) is 13.2 Å². The zero-order valence-corrected chi connectivity index (χ0v) is 13.1. The summed E-state index contributed by atoms with van der Waals surface area (Å²) in [5.74, 6) is 0. The predicted molar refractivity (Wildman–Crippen MR) is 84.7 cm³/mol. The summed E-state index contributed by atoms with van der Waals surface area (Å²) < 4.78 is 5.47. The highest BCUT2D eigenvalue weighted by Gasteiger charge is 2.29. The van der Waals surface area contributed by atoms with Crippen LogP contribution in [0.4, 0.5) is 5.69 Å². The second-order valence-corrected chi connectivity index (χ2v) is 6.02. The van der Waals surface area contributed by atoms with Crippen molar-refractivity contribution in [1.29, 1.82) is 0 Å². The lowest BCUT2D eigenvalue weighted by atomic mass is 10.2. The van der Waals surface area contributed by atoms with Crippen LogP contribution < -0.4 is 10.2 Å².